The Bertz CT molecular complexity index is 1150. The Morgan fingerprint density at radius 2 is 1.85 bits per heavy atom. The summed E-state index contributed by atoms with van der Waals surface area (Å²) in [7, 11) is -4.01. The van der Waals surface area contributed by atoms with Crippen LogP contribution in [0.25, 0.3) is 10.8 Å². The molecule has 1 amide bonds. The highest BCUT2D eigenvalue weighted by Crippen LogP contribution is 2.47. The smallest absolute Gasteiger partial charge is 0.264 e. The van der Waals surface area contributed by atoms with E-state index in [1.807, 2.05) is 24.3 Å². The summed E-state index contributed by atoms with van der Waals surface area (Å²) in [6.45, 7) is 0. The number of amides is 1. The van der Waals surface area contributed by atoms with Crippen molar-refractivity contribution in [2.45, 2.75) is 17.2 Å². The zero-order valence-electron chi connectivity index (χ0n) is 13.9. The van der Waals surface area contributed by atoms with Gasteiger partial charge in [0.1, 0.15) is 5.15 Å². The number of nitrogens with one attached hydrogen (secondary N) is 1. The molecule has 0 radical (unpaired) electrons. The molecule has 1 fully saturated rings. The second kappa shape index (κ2) is 6.89. The monoisotopic (exact) mass is 464 g/mol. The first-order valence-corrected chi connectivity index (χ1v) is 10.9. The molecular weight excluding hydrogens is 452 g/mol. The highest BCUT2D eigenvalue weighted by Gasteiger charge is 2.45. The van der Waals surface area contributed by atoms with Gasteiger partial charge in [-0.05, 0) is 42.2 Å². The second-order valence-corrected chi connectivity index (χ2v) is 9.35. The largest absolute Gasteiger partial charge is 0.274 e. The molecule has 1 saturated carbocycles. The lowest BCUT2D eigenvalue weighted by Gasteiger charge is -2.10. The highest BCUT2D eigenvalue weighted by atomic mass is 79.9. The summed E-state index contributed by atoms with van der Waals surface area (Å²) in [6.07, 6.45) is 2.07. The molecule has 4 rings (SSSR count). The van der Waals surface area contributed by atoms with Gasteiger partial charge in [-0.3, -0.25) is 4.79 Å². The topological polar surface area (TPSA) is 76.1 Å². The number of hydrogen-bond donors (Lipinski definition) is 1. The number of halogens is 2. The van der Waals surface area contributed by atoms with E-state index in [0.717, 1.165) is 10.0 Å². The molecule has 2 atom stereocenters. The fraction of sp³-hybridized carbons (Fsp3) is 0.158. The quantitative estimate of drug-likeness (QED) is 0.584. The van der Waals surface area contributed by atoms with Gasteiger partial charge >= 0.3 is 0 Å². The van der Waals surface area contributed by atoms with Gasteiger partial charge in [-0.25, -0.2) is 18.1 Å². The van der Waals surface area contributed by atoms with Gasteiger partial charge in [0, 0.05) is 27.4 Å². The highest BCUT2D eigenvalue weighted by molar-refractivity contribution is 9.10. The second-order valence-electron chi connectivity index (χ2n) is 6.42. The number of fused-ring (bicyclic) bond motifs is 1. The minimum absolute atomic E-state index is 0.0125. The van der Waals surface area contributed by atoms with Gasteiger partial charge in [0.05, 0.1) is 4.90 Å². The lowest BCUT2D eigenvalue weighted by Crippen LogP contribution is -2.32. The molecule has 1 aromatic heterocycles. The first-order chi connectivity index (χ1) is 12.9. The summed E-state index contributed by atoms with van der Waals surface area (Å²) < 4.78 is 28.7. The van der Waals surface area contributed by atoms with Gasteiger partial charge in [-0.2, -0.15) is 0 Å². The third-order valence-corrected chi connectivity index (χ3v) is 6.90. The minimum Gasteiger partial charge on any atom is -0.274 e. The molecule has 0 aliphatic heterocycles. The summed E-state index contributed by atoms with van der Waals surface area (Å²) in [4.78, 5) is 16.5. The molecule has 0 saturated heterocycles. The van der Waals surface area contributed by atoms with E-state index in [4.69, 9.17) is 11.6 Å². The Labute approximate surface area is 169 Å². The number of hydrogen-bond acceptors (Lipinski definition) is 4. The molecule has 8 heteroatoms. The van der Waals surface area contributed by atoms with E-state index < -0.39 is 15.9 Å². The van der Waals surface area contributed by atoms with E-state index in [2.05, 4.69) is 25.6 Å². The summed E-state index contributed by atoms with van der Waals surface area (Å²) >= 11 is 9.42. The van der Waals surface area contributed by atoms with Crippen LogP contribution >= 0.6 is 27.5 Å². The van der Waals surface area contributed by atoms with Crippen molar-refractivity contribution in [2.24, 2.45) is 5.92 Å². The molecule has 1 heterocycles. The Morgan fingerprint density at radius 3 is 2.59 bits per heavy atom. The molecular formula is C19H14BrClN2O3S. The fourth-order valence-electron chi connectivity index (χ4n) is 3.20. The van der Waals surface area contributed by atoms with E-state index >= 15 is 0 Å². The maximum Gasteiger partial charge on any atom is 0.264 e. The van der Waals surface area contributed by atoms with Gasteiger partial charge in [0.15, 0.2) is 0 Å². The zero-order chi connectivity index (χ0) is 19.2. The van der Waals surface area contributed by atoms with E-state index in [0.29, 0.717) is 17.2 Å². The molecule has 3 aromatic rings. The van der Waals surface area contributed by atoms with Gasteiger partial charge < -0.3 is 0 Å². The number of carbonyl (C=O) groups excluding carboxylic acids is 1. The van der Waals surface area contributed by atoms with Crippen molar-refractivity contribution < 1.29 is 13.2 Å². The van der Waals surface area contributed by atoms with Crippen molar-refractivity contribution >= 4 is 54.2 Å². The van der Waals surface area contributed by atoms with Gasteiger partial charge in [0.25, 0.3) is 10.0 Å². The third-order valence-electron chi connectivity index (χ3n) is 4.67. The van der Waals surface area contributed by atoms with Crippen molar-refractivity contribution in [2.75, 3.05) is 0 Å². The summed E-state index contributed by atoms with van der Waals surface area (Å²) in [5.74, 6) is -0.791. The predicted octanol–water partition coefficient (Wildman–Crippen LogP) is 4.26. The fourth-order valence-corrected chi connectivity index (χ4v) is 4.94. The van der Waals surface area contributed by atoms with Gasteiger partial charge in [0.2, 0.25) is 5.91 Å². The average molecular weight is 466 g/mol. The molecule has 1 aliphatic rings. The first-order valence-electron chi connectivity index (χ1n) is 8.22. The van der Waals surface area contributed by atoms with Crippen molar-refractivity contribution in [1.82, 2.24) is 9.71 Å². The van der Waals surface area contributed by atoms with Crippen LogP contribution in [0.1, 0.15) is 17.9 Å². The van der Waals surface area contributed by atoms with E-state index in [9.17, 15) is 13.2 Å². The number of aromatic nitrogens is 1. The lowest BCUT2D eigenvalue weighted by molar-refractivity contribution is -0.120. The van der Waals surface area contributed by atoms with Crippen molar-refractivity contribution in [1.29, 1.82) is 0 Å². The van der Waals surface area contributed by atoms with E-state index in [-0.39, 0.29) is 21.9 Å². The Hall–Kier alpha value is -1.96. The van der Waals surface area contributed by atoms with Crippen LogP contribution in [-0.4, -0.2) is 19.3 Å². The molecule has 0 unspecified atom stereocenters. The Morgan fingerprint density at radius 1 is 1.11 bits per heavy atom. The number of pyridine rings is 1. The van der Waals surface area contributed by atoms with Crippen LogP contribution in [-0.2, 0) is 14.8 Å². The molecule has 138 valence electrons. The van der Waals surface area contributed by atoms with Crippen molar-refractivity contribution in [3.05, 3.63) is 69.9 Å². The molecule has 2 aromatic carbocycles. The van der Waals surface area contributed by atoms with Crippen LogP contribution in [0.5, 0.6) is 0 Å². The van der Waals surface area contributed by atoms with Crippen LogP contribution in [0.15, 0.2) is 64.1 Å². The standard InChI is InChI=1S/C19H14BrClN2O3S/c20-12-6-4-11(5-7-12)15-10-16(15)19(24)23-27(25,26)17-3-1-2-14-13(17)8-9-22-18(14)21/h1-9,15-16H,10H2,(H,23,24)/t15-,16+/m0/s1. The summed E-state index contributed by atoms with van der Waals surface area (Å²) in [5, 5.41) is 1.17. The van der Waals surface area contributed by atoms with E-state index in [1.165, 1.54) is 12.3 Å². The van der Waals surface area contributed by atoms with Crippen molar-refractivity contribution in [3.63, 3.8) is 0 Å². The Balaban J connectivity index is 1.57. The Kier molecular flexibility index (Phi) is 4.70. The number of sulfonamides is 1. The third kappa shape index (κ3) is 3.59. The zero-order valence-corrected chi connectivity index (χ0v) is 17.1. The molecule has 27 heavy (non-hydrogen) atoms. The molecule has 1 aliphatic carbocycles. The summed E-state index contributed by atoms with van der Waals surface area (Å²) in [6, 6.07) is 14.0. The van der Waals surface area contributed by atoms with Crippen LogP contribution in [0.4, 0.5) is 0 Å². The van der Waals surface area contributed by atoms with Crippen LogP contribution in [0.3, 0.4) is 0 Å². The van der Waals surface area contributed by atoms with Gasteiger partial charge in [-0.15, -0.1) is 0 Å². The molecule has 0 spiro atoms. The minimum atomic E-state index is -4.01. The van der Waals surface area contributed by atoms with Crippen LogP contribution < -0.4 is 4.72 Å². The SMILES string of the molecule is O=C(NS(=O)(=O)c1cccc2c(Cl)nccc12)[C@@H]1C[C@H]1c1ccc(Br)cc1. The lowest BCUT2D eigenvalue weighted by atomic mass is 10.1. The number of rotatable bonds is 4. The molecule has 0 bridgehead atoms. The maximum atomic E-state index is 12.8. The predicted molar refractivity (Wildman–Crippen MR) is 107 cm³/mol. The normalized spacial score (nSPS) is 19.0. The average Bonchev–Trinajstić information content (AvgIpc) is 3.43. The number of carbonyl (C=O) groups is 1. The first kappa shape index (κ1) is 18.4. The van der Waals surface area contributed by atoms with Crippen molar-refractivity contribution in [3.8, 4) is 0 Å². The molecule has 5 nitrogen and oxygen atoms in total. The number of benzene rings is 2. The molecule has 1 N–H and O–H groups in total. The van der Waals surface area contributed by atoms with Crippen LogP contribution in [0.2, 0.25) is 5.15 Å². The van der Waals surface area contributed by atoms with Crippen LogP contribution in [0, 0.1) is 5.92 Å². The summed E-state index contributed by atoms with van der Waals surface area (Å²) in [5.41, 5.74) is 1.03. The van der Waals surface area contributed by atoms with E-state index in [1.54, 1.807) is 18.2 Å². The number of nitrogens with zero attached hydrogens (tertiary/aromatic N) is 1. The maximum absolute atomic E-state index is 12.8. The van der Waals surface area contributed by atoms with Gasteiger partial charge in [-0.1, -0.05) is 51.8 Å².